The topological polar surface area (TPSA) is 41.8 Å². The van der Waals surface area contributed by atoms with Crippen LogP contribution in [0.5, 0.6) is 5.75 Å². The fourth-order valence-corrected chi connectivity index (χ4v) is 2.57. The molecular weight excluding hydrogens is 298 g/mol. The Kier molecular flexibility index (Phi) is 4.26. The summed E-state index contributed by atoms with van der Waals surface area (Å²) in [6.07, 6.45) is 1.31. The van der Waals surface area contributed by atoms with Gasteiger partial charge in [0.15, 0.2) is 0 Å². The molecule has 0 saturated heterocycles. The molecule has 0 spiro atoms. The van der Waals surface area contributed by atoms with Gasteiger partial charge in [-0.25, -0.2) is 0 Å². The van der Waals surface area contributed by atoms with Crippen molar-refractivity contribution in [2.24, 2.45) is 5.16 Å². The van der Waals surface area contributed by atoms with Crippen LogP contribution >= 0.6 is 11.6 Å². The lowest BCUT2D eigenvalue weighted by atomic mass is 10.1. The highest BCUT2D eigenvalue weighted by molar-refractivity contribution is 6.30. The van der Waals surface area contributed by atoms with Crippen molar-refractivity contribution in [1.82, 2.24) is 0 Å². The Morgan fingerprint density at radius 3 is 2.73 bits per heavy atom. The van der Waals surface area contributed by atoms with E-state index in [4.69, 9.17) is 21.5 Å². The van der Waals surface area contributed by atoms with Crippen molar-refractivity contribution in [3.8, 4) is 5.75 Å². The number of fused-ring (bicyclic) bond motifs is 1. The van der Waals surface area contributed by atoms with E-state index in [-0.39, 0.29) is 0 Å². The number of hydrogen-bond donors (Lipinski definition) is 1. The lowest BCUT2D eigenvalue weighted by molar-refractivity contribution is 0.305. The van der Waals surface area contributed by atoms with Crippen molar-refractivity contribution < 1.29 is 9.94 Å². The molecule has 0 heterocycles. The third-order valence-electron chi connectivity index (χ3n) is 3.43. The molecule has 0 atom stereocenters. The molecule has 0 radical (unpaired) electrons. The first-order chi connectivity index (χ1) is 10.8. The van der Waals surface area contributed by atoms with E-state index in [1.807, 2.05) is 24.3 Å². The van der Waals surface area contributed by atoms with Crippen molar-refractivity contribution in [2.75, 3.05) is 0 Å². The Morgan fingerprint density at radius 1 is 1.05 bits per heavy atom. The first-order valence-corrected chi connectivity index (χ1v) is 7.22. The molecule has 1 N–H and O–H groups in total. The second-order valence-corrected chi connectivity index (χ2v) is 5.29. The second kappa shape index (κ2) is 6.50. The summed E-state index contributed by atoms with van der Waals surface area (Å²) in [6, 6.07) is 19.5. The Morgan fingerprint density at radius 2 is 1.86 bits per heavy atom. The normalized spacial score (nSPS) is 11.1. The average Bonchev–Trinajstić information content (AvgIpc) is 2.54. The van der Waals surface area contributed by atoms with E-state index >= 15 is 0 Å². The molecule has 0 amide bonds. The first kappa shape index (κ1) is 14.4. The van der Waals surface area contributed by atoms with E-state index in [0.29, 0.717) is 22.9 Å². The number of rotatable bonds is 4. The molecule has 0 aliphatic carbocycles. The maximum Gasteiger partial charge on any atom is 0.128 e. The van der Waals surface area contributed by atoms with Gasteiger partial charge >= 0.3 is 0 Å². The molecule has 22 heavy (non-hydrogen) atoms. The number of halogens is 1. The van der Waals surface area contributed by atoms with Crippen LogP contribution < -0.4 is 4.74 Å². The summed E-state index contributed by atoms with van der Waals surface area (Å²) in [6.45, 7) is 0.426. The molecule has 110 valence electrons. The molecular formula is C18H14ClNO2. The number of oxime groups is 1. The van der Waals surface area contributed by atoms with Gasteiger partial charge in [0.25, 0.3) is 0 Å². The number of nitrogens with zero attached hydrogens (tertiary/aromatic N) is 1. The SMILES string of the molecule is O/N=C/c1cc(Cl)ccc1OCc1cccc2ccccc12. The lowest BCUT2D eigenvalue weighted by Gasteiger charge is -2.11. The molecule has 0 bridgehead atoms. The van der Waals surface area contributed by atoms with Gasteiger partial charge in [0.2, 0.25) is 0 Å². The van der Waals surface area contributed by atoms with Gasteiger partial charge in [-0.1, -0.05) is 59.2 Å². The Bertz CT molecular complexity index is 825. The van der Waals surface area contributed by atoms with Crippen molar-refractivity contribution >= 4 is 28.6 Å². The van der Waals surface area contributed by atoms with Gasteiger partial charge in [-0.2, -0.15) is 0 Å². The van der Waals surface area contributed by atoms with E-state index in [1.165, 1.54) is 11.6 Å². The van der Waals surface area contributed by atoms with Gasteiger partial charge in [0.1, 0.15) is 12.4 Å². The summed E-state index contributed by atoms with van der Waals surface area (Å²) < 4.78 is 5.88. The molecule has 3 aromatic carbocycles. The fraction of sp³-hybridized carbons (Fsp3) is 0.0556. The summed E-state index contributed by atoms with van der Waals surface area (Å²) in [5.74, 6) is 0.620. The van der Waals surface area contributed by atoms with Crippen LogP contribution in [0.3, 0.4) is 0 Å². The van der Waals surface area contributed by atoms with Crippen molar-refractivity contribution in [3.05, 3.63) is 76.8 Å². The van der Waals surface area contributed by atoms with Crippen molar-refractivity contribution in [3.63, 3.8) is 0 Å². The van der Waals surface area contributed by atoms with Crippen LogP contribution in [0, 0.1) is 0 Å². The molecule has 4 heteroatoms. The van der Waals surface area contributed by atoms with E-state index in [2.05, 4.69) is 23.4 Å². The first-order valence-electron chi connectivity index (χ1n) is 6.84. The van der Waals surface area contributed by atoms with Gasteiger partial charge in [-0.3, -0.25) is 0 Å². The smallest absolute Gasteiger partial charge is 0.128 e. The molecule has 3 nitrogen and oxygen atoms in total. The van der Waals surface area contributed by atoms with Crippen molar-refractivity contribution in [2.45, 2.75) is 6.61 Å². The van der Waals surface area contributed by atoms with Crippen LogP contribution in [-0.2, 0) is 6.61 Å². The van der Waals surface area contributed by atoms with E-state index in [9.17, 15) is 0 Å². The number of ether oxygens (including phenoxy) is 1. The summed E-state index contributed by atoms with van der Waals surface area (Å²) in [5.41, 5.74) is 1.73. The summed E-state index contributed by atoms with van der Waals surface area (Å²) in [5, 5.41) is 14.7. The quantitative estimate of drug-likeness (QED) is 0.424. The zero-order valence-electron chi connectivity index (χ0n) is 11.7. The van der Waals surface area contributed by atoms with Crippen LogP contribution in [0.1, 0.15) is 11.1 Å². The highest BCUT2D eigenvalue weighted by Gasteiger charge is 2.06. The Hall–Kier alpha value is -2.52. The largest absolute Gasteiger partial charge is 0.488 e. The second-order valence-electron chi connectivity index (χ2n) is 4.85. The van der Waals surface area contributed by atoms with Crippen molar-refractivity contribution in [1.29, 1.82) is 0 Å². The van der Waals surface area contributed by atoms with E-state index < -0.39 is 0 Å². The third kappa shape index (κ3) is 3.05. The summed E-state index contributed by atoms with van der Waals surface area (Å²) >= 11 is 5.95. The van der Waals surface area contributed by atoms with E-state index in [1.54, 1.807) is 18.2 Å². The minimum atomic E-state index is 0.426. The monoisotopic (exact) mass is 311 g/mol. The van der Waals surface area contributed by atoms with Crippen LogP contribution in [0.4, 0.5) is 0 Å². The summed E-state index contributed by atoms with van der Waals surface area (Å²) in [4.78, 5) is 0. The highest BCUT2D eigenvalue weighted by atomic mass is 35.5. The predicted molar refractivity (Wildman–Crippen MR) is 89.1 cm³/mol. The molecule has 0 aromatic heterocycles. The predicted octanol–water partition coefficient (Wildman–Crippen LogP) is 4.88. The third-order valence-corrected chi connectivity index (χ3v) is 3.67. The molecule has 0 fully saturated rings. The van der Waals surface area contributed by atoms with Gasteiger partial charge < -0.3 is 9.94 Å². The van der Waals surface area contributed by atoms with Gasteiger partial charge in [-0.05, 0) is 34.5 Å². The average molecular weight is 312 g/mol. The minimum absolute atomic E-state index is 0.426. The Labute approximate surface area is 133 Å². The summed E-state index contributed by atoms with van der Waals surface area (Å²) in [7, 11) is 0. The fourth-order valence-electron chi connectivity index (χ4n) is 2.39. The molecule has 0 unspecified atom stereocenters. The molecule has 0 aliphatic rings. The minimum Gasteiger partial charge on any atom is -0.488 e. The maximum absolute atomic E-state index is 8.73. The van der Waals surface area contributed by atoms with Gasteiger partial charge in [0, 0.05) is 10.6 Å². The standard InChI is InChI=1S/C18H14ClNO2/c19-16-8-9-18(15(10-16)11-20-21)22-12-14-6-3-5-13-4-1-2-7-17(13)14/h1-11,21H,12H2/b20-11+. The highest BCUT2D eigenvalue weighted by Crippen LogP contribution is 2.24. The van der Waals surface area contributed by atoms with Crippen LogP contribution in [0.15, 0.2) is 65.8 Å². The van der Waals surface area contributed by atoms with Crippen LogP contribution in [0.25, 0.3) is 10.8 Å². The molecule has 0 aliphatic heterocycles. The lowest BCUT2D eigenvalue weighted by Crippen LogP contribution is -1.99. The van der Waals surface area contributed by atoms with Crippen LogP contribution in [0.2, 0.25) is 5.02 Å². The molecule has 0 saturated carbocycles. The van der Waals surface area contributed by atoms with Crippen LogP contribution in [-0.4, -0.2) is 11.4 Å². The number of hydrogen-bond acceptors (Lipinski definition) is 3. The molecule has 3 aromatic rings. The van der Waals surface area contributed by atoms with E-state index in [0.717, 1.165) is 10.9 Å². The zero-order valence-corrected chi connectivity index (χ0v) is 12.5. The maximum atomic E-state index is 8.73. The number of benzene rings is 3. The van der Waals surface area contributed by atoms with Gasteiger partial charge in [0.05, 0.1) is 6.21 Å². The zero-order chi connectivity index (χ0) is 15.4. The van der Waals surface area contributed by atoms with Gasteiger partial charge in [-0.15, -0.1) is 0 Å². The Balaban J connectivity index is 1.88. The molecule has 3 rings (SSSR count).